The molecular weight excluding hydrogens is 340 g/mol. The van der Waals surface area contributed by atoms with E-state index in [-0.39, 0.29) is 22.4 Å². The highest BCUT2D eigenvalue weighted by atomic mass is 19.4. The first-order chi connectivity index (χ1) is 11.8. The third-order valence-corrected chi connectivity index (χ3v) is 3.74. The first-order valence-corrected chi connectivity index (χ1v) is 7.09. The summed E-state index contributed by atoms with van der Waals surface area (Å²) >= 11 is 0. The fourth-order valence-corrected chi connectivity index (χ4v) is 2.64. The summed E-state index contributed by atoms with van der Waals surface area (Å²) in [6.07, 6.45) is -4.62. The number of fused-ring (bicyclic) bond motifs is 3. The SMILES string of the molecule is O=c1[nH]c2cccc(C(F)(F)F)c2c2nc(-c3ccc(F)cc3)nn12. The Morgan fingerprint density at radius 1 is 1.04 bits per heavy atom. The number of benzene rings is 2. The molecule has 0 bridgehead atoms. The molecule has 4 aromatic rings. The second kappa shape index (κ2) is 5.13. The molecule has 0 amide bonds. The number of nitrogens with one attached hydrogen (secondary N) is 1. The van der Waals surface area contributed by atoms with Crippen molar-refractivity contribution < 1.29 is 17.6 Å². The molecule has 5 nitrogen and oxygen atoms in total. The second-order valence-electron chi connectivity index (χ2n) is 5.33. The number of hydrogen-bond acceptors (Lipinski definition) is 3. The van der Waals surface area contributed by atoms with Crippen LogP contribution in [0.1, 0.15) is 5.56 Å². The zero-order valence-corrected chi connectivity index (χ0v) is 12.3. The van der Waals surface area contributed by atoms with Crippen molar-refractivity contribution in [1.29, 1.82) is 0 Å². The number of alkyl halides is 3. The van der Waals surface area contributed by atoms with Crippen LogP contribution in [0.2, 0.25) is 0 Å². The van der Waals surface area contributed by atoms with Gasteiger partial charge in [0.05, 0.1) is 16.5 Å². The summed E-state index contributed by atoms with van der Waals surface area (Å²) in [6, 6.07) is 8.57. The van der Waals surface area contributed by atoms with Crippen molar-refractivity contribution in [2.75, 3.05) is 0 Å². The van der Waals surface area contributed by atoms with Gasteiger partial charge in [-0.2, -0.15) is 17.7 Å². The monoisotopic (exact) mass is 348 g/mol. The number of H-pyrrole nitrogens is 1. The van der Waals surface area contributed by atoms with Gasteiger partial charge in [0.15, 0.2) is 11.5 Å². The van der Waals surface area contributed by atoms with E-state index in [1.54, 1.807) is 0 Å². The summed E-state index contributed by atoms with van der Waals surface area (Å²) in [5, 5.41) is 3.70. The van der Waals surface area contributed by atoms with Crippen LogP contribution < -0.4 is 5.69 Å². The highest BCUT2D eigenvalue weighted by Gasteiger charge is 2.34. The third-order valence-electron chi connectivity index (χ3n) is 3.74. The van der Waals surface area contributed by atoms with Gasteiger partial charge in [-0.15, -0.1) is 5.10 Å². The van der Waals surface area contributed by atoms with E-state index < -0.39 is 23.2 Å². The van der Waals surface area contributed by atoms with Crippen LogP contribution in [0.4, 0.5) is 17.6 Å². The summed E-state index contributed by atoms with van der Waals surface area (Å²) in [6.45, 7) is 0. The first kappa shape index (κ1) is 15.3. The highest BCUT2D eigenvalue weighted by molar-refractivity contribution is 5.94. The maximum atomic E-state index is 13.3. The number of aromatic amines is 1. The van der Waals surface area contributed by atoms with Crippen LogP contribution in [-0.2, 0) is 6.18 Å². The molecule has 0 atom stereocenters. The minimum absolute atomic E-state index is 0.00498. The molecule has 2 heterocycles. The van der Waals surface area contributed by atoms with E-state index in [1.165, 1.54) is 36.4 Å². The van der Waals surface area contributed by atoms with Crippen molar-refractivity contribution in [2.45, 2.75) is 6.18 Å². The molecule has 0 aliphatic rings. The summed E-state index contributed by atoms with van der Waals surface area (Å²) in [4.78, 5) is 18.6. The third kappa shape index (κ3) is 2.44. The lowest BCUT2D eigenvalue weighted by Crippen LogP contribution is -2.19. The maximum absolute atomic E-state index is 13.3. The van der Waals surface area contributed by atoms with Crippen molar-refractivity contribution in [1.82, 2.24) is 19.6 Å². The molecule has 0 unspecified atom stereocenters. The summed E-state index contributed by atoms with van der Waals surface area (Å²) in [5.74, 6) is -0.454. The van der Waals surface area contributed by atoms with Gasteiger partial charge >= 0.3 is 11.9 Å². The molecular formula is C16H8F4N4O. The second-order valence-corrected chi connectivity index (χ2v) is 5.33. The number of rotatable bonds is 1. The zero-order chi connectivity index (χ0) is 17.8. The van der Waals surface area contributed by atoms with Crippen LogP contribution in [0.25, 0.3) is 27.9 Å². The van der Waals surface area contributed by atoms with Gasteiger partial charge in [-0.05, 0) is 36.4 Å². The minimum atomic E-state index is -4.62. The van der Waals surface area contributed by atoms with Crippen LogP contribution in [0, 0.1) is 5.82 Å². The van der Waals surface area contributed by atoms with Crippen molar-refractivity contribution in [3.63, 3.8) is 0 Å². The van der Waals surface area contributed by atoms with Gasteiger partial charge in [-0.25, -0.2) is 14.2 Å². The van der Waals surface area contributed by atoms with E-state index in [0.717, 1.165) is 10.6 Å². The van der Waals surface area contributed by atoms with Gasteiger partial charge < -0.3 is 4.98 Å². The van der Waals surface area contributed by atoms with Gasteiger partial charge in [0, 0.05) is 5.56 Å². The van der Waals surface area contributed by atoms with Crippen molar-refractivity contribution >= 4 is 16.6 Å². The molecule has 4 rings (SSSR count). The minimum Gasteiger partial charge on any atom is -0.305 e. The van der Waals surface area contributed by atoms with Crippen LogP contribution in [-0.4, -0.2) is 19.6 Å². The van der Waals surface area contributed by atoms with E-state index in [2.05, 4.69) is 15.1 Å². The van der Waals surface area contributed by atoms with Crippen LogP contribution in [0.5, 0.6) is 0 Å². The van der Waals surface area contributed by atoms with E-state index in [4.69, 9.17) is 0 Å². The lowest BCUT2D eigenvalue weighted by molar-refractivity contribution is -0.136. The number of hydrogen-bond donors (Lipinski definition) is 1. The number of halogens is 4. The van der Waals surface area contributed by atoms with E-state index in [0.29, 0.717) is 5.56 Å². The number of aromatic nitrogens is 4. The first-order valence-electron chi connectivity index (χ1n) is 7.09. The molecule has 0 aliphatic carbocycles. The summed E-state index contributed by atoms with van der Waals surface area (Å²) in [5.41, 5.74) is -1.48. The molecule has 0 spiro atoms. The average molecular weight is 348 g/mol. The van der Waals surface area contributed by atoms with E-state index in [9.17, 15) is 22.4 Å². The smallest absolute Gasteiger partial charge is 0.305 e. The van der Waals surface area contributed by atoms with E-state index in [1.807, 2.05) is 0 Å². The molecule has 2 aromatic carbocycles. The lowest BCUT2D eigenvalue weighted by atomic mass is 10.1. The summed E-state index contributed by atoms with van der Waals surface area (Å²) < 4.78 is 53.8. The Bertz CT molecular complexity index is 1160. The molecule has 0 saturated carbocycles. The Morgan fingerprint density at radius 3 is 2.44 bits per heavy atom. The van der Waals surface area contributed by atoms with Crippen molar-refractivity contribution in [3.05, 3.63) is 64.3 Å². The fraction of sp³-hybridized carbons (Fsp3) is 0.0625. The van der Waals surface area contributed by atoms with Gasteiger partial charge in [0.25, 0.3) is 0 Å². The maximum Gasteiger partial charge on any atom is 0.417 e. The molecule has 0 fully saturated rings. The van der Waals surface area contributed by atoms with E-state index >= 15 is 0 Å². The normalized spacial score (nSPS) is 12.2. The van der Waals surface area contributed by atoms with Crippen molar-refractivity contribution in [3.8, 4) is 11.4 Å². The standard InChI is InChI=1S/C16H8F4N4O/c17-9-6-4-8(5-7-9)13-22-14-12-10(16(18,19)20)2-1-3-11(12)21-15(25)24(14)23-13/h1-7H,(H,21,25). The van der Waals surface area contributed by atoms with Gasteiger partial charge in [-0.3, -0.25) is 0 Å². The van der Waals surface area contributed by atoms with Crippen LogP contribution in [0.3, 0.4) is 0 Å². The average Bonchev–Trinajstić information content (AvgIpc) is 3.00. The fourth-order valence-electron chi connectivity index (χ4n) is 2.64. The van der Waals surface area contributed by atoms with Crippen LogP contribution >= 0.6 is 0 Å². The zero-order valence-electron chi connectivity index (χ0n) is 12.3. The topological polar surface area (TPSA) is 63.0 Å². The Hall–Kier alpha value is -3.23. The molecule has 0 radical (unpaired) electrons. The molecule has 0 saturated heterocycles. The predicted octanol–water partition coefficient (Wildman–Crippen LogP) is 3.40. The molecule has 126 valence electrons. The Morgan fingerprint density at radius 2 is 1.76 bits per heavy atom. The molecule has 9 heteroatoms. The highest BCUT2D eigenvalue weighted by Crippen LogP contribution is 2.35. The van der Waals surface area contributed by atoms with Gasteiger partial charge in [-0.1, -0.05) is 6.07 Å². The van der Waals surface area contributed by atoms with Crippen LogP contribution in [0.15, 0.2) is 47.3 Å². The largest absolute Gasteiger partial charge is 0.417 e. The molecule has 1 N–H and O–H groups in total. The van der Waals surface area contributed by atoms with Gasteiger partial charge in [0.1, 0.15) is 5.82 Å². The number of nitrogens with zero attached hydrogens (tertiary/aromatic N) is 3. The quantitative estimate of drug-likeness (QED) is 0.536. The Kier molecular flexibility index (Phi) is 3.14. The van der Waals surface area contributed by atoms with Gasteiger partial charge in [0.2, 0.25) is 0 Å². The molecule has 0 aliphatic heterocycles. The molecule has 2 aromatic heterocycles. The lowest BCUT2D eigenvalue weighted by Gasteiger charge is -2.10. The Balaban J connectivity index is 2.10. The Labute approximate surface area is 136 Å². The molecule has 25 heavy (non-hydrogen) atoms. The van der Waals surface area contributed by atoms with Crippen molar-refractivity contribution in [2.24, 2.45) is 0 Å². The predicted molar refractivity (Wildman–Crippen MR) is 81.5 cm³/mol. The summed E-state index contributed by atoms with van der Waals surface area (Å²) in [7, 11) is 0.